The number of likely N-dealkylation sites (N-methyl/N-ethyl adjacent to an activating group) is 1. The number of hydrogen-bond acceptors (Lipinski definition) is 7. The van der Waals surface area contributed by atoms with Crippen LogP contribution in [-0.4, -0.2) is 92.8 Å². The van der Waals surface area contributed by atoms with Gasteiger partial charge in [-0.1, -0.05) is 0 Å². The minimum absolute atomic E-state index is 0.00195. The number of anilines is 1. The zero-order chi connectivity index (χ0) is 22.1. The highest BCUT2D eigenvalue weighted by molar-refractivity contribution is 7.89. The van der Waals surface area contributed by atoms with Gasteiger partial charge in [-0.3, -0.25) is 14.9 Å². The quantitative estimate of drug-likeness (QED) is 0.497. The molecule has 0 bridgehead atoms. The lowest BCUT2D eigenvalue weighted by atomic mass is 10.0. The first-order valence-electron chi connectivity index (χ1n) is 10.1. The Labute approximate surface area is 177 Å². The number of carbonyl (C=O) groups is 1. The van der Waals surface area contributed by atoms with Crippen LogP contribution in [0.4, 0.5) is 11.4 Å². The van der Waals surface area contributed by atoms with Crippen LogP contribution >= 0.6 is 0 Å². The second-order valence-electron chi connectivity index (χ2n) is 7.96. The maximum Gasteiger partial charge on any atom is 0.293 e. The van der Waals surface area contributed by atoms with Crippen molar-refractivity contribution in [3.63, 3.8) is 0 Å². The molecule has 3 rings (SSSR count). The summed E-state index contributed by atoms with van der Waals surface area (Å²) >= 11 is 0. The first kappa shape index (κ1) is 22.4. The van der Waals surface area contributed by atoms with Gasteiger partial charge in [0, 0.05) is 65.3 Å². The molecule has 0 aliphatic carbocycles. The van der Waals surface area contributed by atoms with E-state index >= 15 is 0 Å². The summed E-state index contributed by atoms with van der Waals surface area (Å²) in [6, 6.07) is 4.28. The van der Waals surface area contributed by atoms with E-state index in [0.29, 0.717) is 57.8 Å². The van der Waals surface area contributed by atoms with Crippen LogP contribution in [0.15, 0.2) is 23.1 Å². The number of nitro groups is 1. The molecule has 30 heavy (non-hydrogen) atoms. The van der Waals surface area contributed by atoms with E-state index in [1.54, 1.807) is 11.9 Å². The summed E-state index contributed by atoms with van der Waals surface area (Å²) in [6.07, 6.45) is 1.41. The molecule has 2 heterocycles. The number of piperidine rings is 1. The third-order valence-corrected chi connectivity index (χ3v) is 7.99. The molecule has 2 saturated heterocycles. The Hall–Kier alpha value is -2.24. The molecule has 0 saturated carbocycles. The SMILES string of the molecule is CC(=O)N(C)C1CCN(c2ccc(S(=O)(=O)N3CCN(C)CC3)cc2[N+](=O)[O-])CC1. The van der Waals surface area contributed by atoms with Crippen molar-refractivity contribution < 1.29 is 18.1 Å². The highest BCUT2D eigenvalue weighted by atomic mass is 32.2. The first-order chi connectivity index (χ1) is 14.1. The van der Waals surface area contributed by atoms with Crippen LogP contribution in [0.1, 0.15) is 19.8 Å². The Bertz CT molecular complexity index is 906. The Morgan fingerprint density at radius 3 is 2.27 bits per heavy atom. The molecule has 2 fully saturated rings. The van der Waals surface area contributed by atoms with Crippen LogP contribution in [0.3, 0.4) is 0 Å². The summed E-state index contributed by atoms with van der Waals surface area (Å²) in [5.74, 6) is -0.00195. The van der Waals surface area contributed by atoms with E-state index in [4.69, 9.17) is 0 Å². The number of benzene rings is 1. The third kappa shape index (κ3) is 4.57. The fraction of sp³-hybridized carbons (Fsp3) is 0.632. The maximum atomic E-state index is 13.0. The number of carbonyl (C=O) groups excluding carboxylic acids is 1. The van der Waals surface area contributed by atoms with Crippen molar-refractivity contribution >= 4 is 27.3 Å². The average Bonchev–Trinajstić information content (AvgIpc) is 2.73. The van der Waals surface area contributed by atoms with Gasteiger partial charge >= 0.3 is 0 Å². The van der Waals surface area contributed by atoms with Crippen molar-refractivity contribution in [2.24, 2.45) is 0 Å². The van der Waals surface area contributed by atoms with Gasteiger partial charge in [0.2, 0.25) is 15.9 Å². The van der Waals surface area contributed by atoms with Gasteiger partial charge < -0.3 is 14.7 Å². The fourth-order valence-electron chi connectivity index (χ4n) is 4.01. The summed E-state index contributed by atoms with van der Waals surface area (Å²) in [4.78, 5) is 28.4. The van der Waals surface area contributed by atoms with Crippen LogP contribution in [0.2, 0.25) is 0 Å². The fourth-order valence-corrected chi connectivity index (χ4v) is 5.45. The monoisotopic (exact) mass is 439 g/mol. The number of nitrogens with zero attached hydrogens (tertiary/aromatic N) is 5. The molecule has 0 atom stereocenters. The predicted octanol–water partition coefficient (Wildman–Crippen LogP) is 0.978. The molecule has 166 valence electrons. The van der Waals surface area contributed by atoms with Crippen LogP contribution in [-0.2, 0) is 14.8 Å². The number of piperazine rings is 1. The number of amides is 1. The molecule has 1 amide bonds. The molecule has 0 aromatic heterocycles. The predicted molar refractivity (Wildman–Crippen MR) is 113 cm³/mol. The summed E-state index contributed by atoms with van der Waals surface area (Å²) in [7, 11) is -0.0805. The van der Waals surface area contributed by atoms with E-state index in [-0.39, 0.29) is 22.5 Å². The zero-order valence-electron chi connectivity index (χ0n) is 17.7. The molecule has 0 radical (unpaired) electrons. The first-order valence-corrected chi connectivity index (χ1v) is 11.5. The molecule has 2 aliphatic rings. The number of sulfonamides is 1. The highest BCUT2D eigenvalue weighted by Crippen LogP contribution is 2.34. The largest absolute Gasteiger partial charge is 0.366 e. The summed E-state index contributed by atoms with van der Waals surface area (Å²) in [6.45, 7) is 4.64. The van der Waals surface area contributed by atoms with Gasteiger partial charge in [0.25, 0.3) is 5.69 Å². The average molecular weight is 440 g/mol. The molecule has 0 N–H and O–H groups in total. The van der Waals surface area contributed by atoms with Gasteiger partial charge in [-0.15, -0.1) is 0 Å². The molecule has 1 aromatic rings. The lowest BCUT2D eigenvalue weighted by molar-refractivity contribution is -0.384. The lowest BCUT2D eigenvalue weighted by Gasteiger charge is -2.37. The van der Waals surface area contributed by atoms with Crippen molar-refractivity contribution in [1.82, 2.24) is 14.1 Å². The molecular weight excluding hydrogens is 410 g/mol. The van der Waals surface area contributed by atoms with Crippen LogP contribution in [0, 0.1) is 10.1 Å². The summed E-state index contributed by atoms with van der Waals surface area (Å²) in [5, 5.41) is 11.7. The van der Waals surface area contributed by atoms with Crippen LogP contribution in [0.25, 0.3) is 0 Å². The van der Waals surface area contributed by atoms with Gasteiger partial charge in [-0.2, -0.15) is 4.31 Å². The van der Waals surface area contributed by atoms with Crippen LogP contribution in [0.5, 0.6) is 0 Å². The van der Waals surface area contributed by atoms with E-state index in [1.165, 1.54) is 29.4 Å². The maximum absolute atomic E-state index is 13.0. The zero-order valence-corrected chi connectivity index (χ0v) is 18.5. The number of hydrogen-bond donors (Lipinski definition) is 0. The van der Waals surface area contributed by atoms with Gasteiger partial charge in [-0.25, -0.2) is 8.42 Å². The van der Waals surface area contributed by atoms with Crippen molar-refractivity contribution in [2.45, 2.75) is 30.7 Å². The second kappa shape index (κ2) is 8.86. The second-order valence-corrected chi connectivity index (χ2v) is 9.90. The topological polar surface area (TPSA) is 107 Å². The van der Waals surface area contributed by atoms with E-state index in [1.807, 2.05) is 16.8 Å². The van der Waals surface area contributed by atoms with Gasteiger partial charge in [0.05, 0.1) is 9.82 Å². The molecule has 0 unspecified atom stereocenters. The Morgan fingerprint density at radius 1 is 1.13 bits per heavy atom. The van der Waals surface area contributed by atoms with Crippen molar-refractivity contribution in [3.8, 4) is 0 Å². The normalized spacial score (nSPS) is 19.6. The van der Waals surface area contributed by atoms with Gasteiger partial charge in [0.15, 0.2) is 0 Å². The Kier molecular flexibility index (Phi) is 6.63. The molecule has 2 aliphatic heterocycles. The van der Waals surface area contributed by atoms with E-state index in [2.05, 4.69) is 0 Å². The van der Waals surface area contributed by atoms with Crippen molar-refractivity contribution in [2.75, 3.05) is 58.3 Å². The standard InChI is InChI=1S/C19H29N5O5S/c1-15(25)21(3)16-6-8-22(9-7-16)18-5-4-17(14-19(18)24(26)27)30(28,29)23-12-10-20(2)11-13-23/h4-5,14,16H,6-13H2,1-3H3. The number of nitro benzene ring substituents is 1. The molecule has 11 heteroatoms. The third-order valence-electron chi connectivity index (χ3n) is 6.09. The Balaban J connectivity index is 1.81. The smallest absolute Gasteiger partial charge is 0.293 e. The molecule has 0 spiro atoms. The minimum atomic E-state index is -3.78. The summed E-state index contributed by atoms with van der Waals surface area (Å²) in [5.41, 5.74) is 0.213. The number of rotatable bonds is 5. The van der Waals surface area contributed by atoms with E-state index in [0.717, 1.165) is 0 Å². The Morgan fingerprint density at radius 2 is 1.73 bits per heavy atom. The van der Waals surface area contributed by atoms with E-state index < -0.39 is 14.9 Å². The molecule has 10 nitrogen and oxygen atoms in total. The molecular formula is C19H29N5O5S. The van der Waals surface area contributed by atoms with Gasteiger partial charge in [-0.05, 0) is 32.0 Å². The minimum Gasteiger partial charge on any atom is -0.366 e. The lowest BCUT2D eigenvalue weighted by Crippen LogP contribution is -2.47. The van der Waals surface area contributed by atoms with Gasteiger partial charge in [0.1, 0.15) is 5.69 Å². The van der Waals surface area contributed by atoms with Crippen molar-refractivity contribution in [3.05, 3.63) is 28.3 Å². The van der Waals surface area contributed by atoms with Crippen LogP contribution < -0.4 is 4.90 Å². The summed E-state index contributed by atoms with van der Waals surface area (Å²) < 4.78 is 27.3. The molecule has 1 aromatic carbocycles. The van der Waals surface area contributed by atoms with E-state index in [9.17, 15) is 23.3 Å². The van der Waals surface area contributed by atoms with Crippen molar-refractivity contribution in [1.29, 1.82) is 0 Å². The highest BCUT2D eigenvalue weighted by Gasteiger charge is 2.32.